The first kappa shape index (κ1) is 24.3. The van der Waals surface area contributed by atoms with Crippen molar-refractivity contribution in [2.75, 3.05) is 19.0 Å². The Hall–Kier alpha value is -2.98. The largest absolute Gasteiger partial charge is 0.495 e. The van der Waals surface area contributed by atoms with E-state index in [-0.39, 0.29) is 5.75 Å². The summed E-state index contributed by atoms with van der Waals surface area (Å²) in [6, 6.07) is 7.89. The molecule has 0 aromatic heterocycles. The molecule has 0 fully saturated rings. The molecule has 8 nitrogen and oxygen atoms in total. The van der Waals surface area contributed by atoms with Crippen LogP contribution >= 0.6 is 0 Å². The minimum atomic E-state index is -4.23. The van der Waals surface area contributed by atoms with Gasteiger partial charge >= 0.3 is 5.97 Å². The van der Waals surface area contributed by atoms with Crippen LogP contribution in [-0.2, 0) is 19.6 Å². The van der Waals surface area contributed by atoms with Crippen molar-refractivity contribution in [3.05, 3.63) is 53.8 Å². The van der Waals surface area contributed by atoms with Crippen molar-refractivity contribution >= 4 is 27.6 Å². The molecule has 1 amide bonds. The first-order chi connectivity index (χ1) is 14.7. The van der Waals surface area contributed by atoms with Gasteiger partial charge in [0.05, 0.1) is 25.3 Å². The Bertz CT molecular complexity index is 1020. The van der Waals surface area contributed by atoms with Crippen molar-refractivity contribution < 1.29 is 31.9 Å². The molecule has 0 aliphatic rings. The van der Waals surface area contributed by atoms with Crippen molar-refractivity contribution in [3.8, 4) is 5.75 Å². The number of anilines is 1. The number of methoxy groups -OCH3 is 1. The average Bonchev–Trinajstić information content (AvgIpc) is 2.74. The minimum absolute atomic E-state index is 0.0529. The summed E-state index contributed by atoms with van der Waals surface area (Å²) in [5.74, 6) is -1.91. The van der Waals surface area contributed by atoms with Gasteiger partial charge in [0, 0.05) is 5.69 Å². The van der Waals surface area contributed by atoms with Crippen LogP contribution in [0.4, 0.5) is 10.1 Å². The maximum atomic E-state index is 13.5. The van der Waals surface area contributed by atoms with Crippen molar-refractivity contribution in [3.63, 3.8) is 0 Å². The number of amides is 1. The number of sulfonamides is 1. The molecular formula is C21H25FN2O6S. The molecule has 31 heavy (non-hydrogen) atoms. The predicted octanol–water partition coefficient (Wildman–Crippen LogP) is 3.10. The fourth-order valence-electron chi connectivity index (χ4n) is 2.54. The number of unbranched alkanes of at least 4 members (excludes halogenated alkanes) is 1. The lowest BCUT2D eigenvalue weighted by atomic mass is 10.2. The molecule has 2 aromatic carbocycles. The van der Waals surface area contributed by atoms with Crippen LogP contribution in [0.5, 0.6) is 5.75 Å². The molecule has 2 N–H and O–H groups in total. The molecule has 0 spiro atoms. The summed E-state index contributed by atoms with van der Waals surface area (Å²) in [7, 11) is -2.97. The van der Waals surface area contributed by atoms with Crippen LogP contribution in [0, 0.1) is 5.82 Å². The topological polar surface area (TPSA) is 111 Å². The lowest BCUT2D eigenvalue weighted by Gasteiger charge is -2.16. The van der Waals surface area contributed by atoms with Crippen LogP contribution in [0.2, 0.25) is 0 Å². The molecule has 0 aliphatic heterocycles. The molecule has 0 saturated carbocycles. The van der Waals surface area contributed by atoms with Gasteiger partial charge in [-0.1, -0.05) is 13.3 Å². The fraction of sp³-hybridized carbons (Fsp3) is 0.333. The van der Waals surface area contributed by atoms with Gasteiger partial charge in [-0.25, -0.2) is 17.6 Å². The number of carbonyl (C=O) groups is 2. The number of benzene rings is 2. The Kier molecular flexibility index (Phi) is 8.52. The number of hydrogen-bond acceptors (Lipinski definition) is 6. The van der Waals surface area contributed by atoms with E-state index < -0.39 is 38.7 Å². The molecule has 0 bridgehead atoms. The molecular weight excluding hydrogens is 427 g/mol. The van der Waals surface area contributed by atoms with Gasteiger partial charge in [0.25, 0.3) is 0 Å². The first-order valence-corrected chi connectivity index (χ1v) is 11.1. The third-order valence-corrected chi connectivity index (χ3v) is 5.82. The third-order valence-electron chi connectivity index (χ3n) is 4.26. The van der Waals surface area contributed by atoms with Gasteiger partial charge in [0.1, 0.15) is 16.5 Å². The van der Waals surface area contributed by atoms with Crippen molar-refractivity contribution in [2.24, 2.45) is 0 Å². The molecule has 10 heteroatoms. The fourth-order valence-corrected chi connectivity index (χ4v) is 3.93. The maximum absolute atomic E-state index is 13.5. The third kappa shape index (κ3) is 6.76. The molecule has 0 radical (unpaired) electrons. The van der Waals surface area contributed by atoms with E-state index in [1.807, 2.05) is 6.92 Å². The molecule has 2 rings (SSSR count). The first-order valence-electron chi connectivity index (χ1n) is 9.62. The summed E-state index contributed by atoms with van der Waals surface area (Å²) < 4.78 is 50.9. The average molecular weight is 453 g/mol. The quantitative estimate of drug-likeness (QED) is 0.423. The Balaban J connectivity index is 2.02. The summed E-state index contributed by atoms with van der Waals surface area (Å²) in [6.45, 7) is 3.67. The van der Waals surface area contributed by atoms with Crippen molar-refractivity contribution in [1.82, 2.24) is 4.72 Å². The van der Waals surface area contributed by atoms with Crippen LogP contribution in [0.15, 0.2) is 47.4 Å². The Morgan fingerprint density at radius 3 is 2.42 bits per heavy atom. The van der Waals surface area contributed by atoms with E-state index in [0.717, 1.165) is 25.0 Å². The SMILES string of the molecule is CCCCOC(=O)c1ccc(NC(=O)C(C)NS(=O)(=O)c2cc(F)ccc2OC)cc1. The summed E-state index contributed by atoms with van der Waals surface area (Å²) in [6.07, 6.45) is 1.68. The number of halogens is 1. The number of carbonyl (C=O) groups excluding carboxylic acids is 2. The molecule has 1 unspecified atom stereocenters. The van der Waals surface area contributed by atoms with Gasteiger partial charge in [0.2, 0.25) is 15.9 Å². The molecule has 0 aliphatic carbocycles. The normalized spacial score (nSPS) is 12.1. The zero-order chi connectivity index (χ0) is 23.0. The van der Waals surface area contributed by atoms with Gasteiger partial charge in [0.15, 0.2) is 0 Å². The summed E-state index contributed by atoms with van der Waals surface area (Å²) >= 11 is 0. The minimum Gasteiger partial charge on any atom is -0.495 e. The molecule has 0 saturated heterocycles. The maximum Gasteiger partial charge on any atom is 0.338 e. The summed E-state index contributed by atoms with van der Waals surface area (Å²) in [4.78, 5) is 23.9. The van der Waals surface area contributed by atoms with Crippen molar-refractivity contribution in [1.29, 1.82) is 0 Å². The van der Waals surface area contributed by atoms with E-state index in [0.29, 0.717) is 17.9 Å². The monoisotopic (exact) mass is 452 g/mol. The Labute approximate surface area is 180 Å². The second-order valence-corrected chi connectivity index (χ2v) is 8.38. The second kappa shape index (κ2) is 10.9. The van der Waals surface area contributed by atoms with Gasteiger partial charge < -0.3 is 14.8 Å². The van der Waals surface area contributed by atoms with E-state index in [1.54, 1.807) is 0 Å². The van der Waals surface area contributed by atoms with Crippen LogP contribution in [0.1, 0.15) is 37.0 Å². The number of ether oxygens (including phenoxy) is 2. The highest BCUT2D eigenvalue weighted by Gasteiger charge is 2.25. The van der Waals surface area contributed by atoms with Gasteiger partial charge in [-0.15, -0.1) is 0 Å². The number of esters is 1. The zero-order valence-corrected chi connectivity index (χ0v) is 18.3. The molecule has 1 atom stereocenters. The Morgan fingerprint density at radius 2 is 1.81 bits per heavy atom. The van der Waals surface area contributed by atoms with E-state index >= 15 is 0 Å². The van der Waals surface area contributed by atoms with Gasteiger partial charge in [-0.3, -0.25) is 4.79 Å². The molecule has 0 heterocycles. The molecule has 2 aromatic rings. The highest BCUT2D eigenvalue weighted by Crippen LogP contribution is 2.24. The lowest BCUT2D eigenvalue weighted by Crippen LogP contribution is -2.41. The number of rotatable bonds is 10. The van der Waals surface area contributed by atoms with Crippen LogP contribution in [0.25, 0.3) is 0 Å². The van der Waals surface area contributed by atoms with Crippen LogP contribution < -0.4 is 14.8 Å². The standard InChI is InChI=1S/C21H25FN2O6S/c1-4-5-12-30-21(26)15-6-9-17(10-7-15)23-20(25)14(2)24-31(27,28)19-13-16(22)8-11-18(19)29-3/h6-11,13-14,24H,4-5,12H2,1-3H3,(H,23,25). The predicted molar refractivity (Wildman–Crippen MR) is 113 cm³/mol. The smallest absolute Gasteiger partial charge is 0.338 e. The Morgan fingerprint density at radius 1 is 1.13 bits per heavy atom. The van der Waals surface area contributed by atoms with Gasteiger partial charge in [-0.05, 0) is 55.8 Å². The van der Waals surface area contributed by atoms with E-state index in [1.165, 1.54) is 44.4 Å². The zero-order valence-electron chi connectivity index (χ0n) is 17.5. The lowest BCUT2D eigenvalue weighted by molar-refractivity contribution is -0.117. The van der Waals surface area contributed by atoms with Crippen LogP contribution in [0.3, 0.4) is 0 Å². The van der Waals surface area contributed by atoms with E-state index in [4.69, 9.17) is 9.47 Å². The number of hydrogen-bond donors (Lipinski definition) is 2. The second-order valence-electron chi connectivity index (χ2n) is 6.69. The highest BCUT2D eigenvalue weighted by molar-refractivity contribution is 7.89. The number of nitrogens with one attached hydrogen (secondary N) is 2. The summed E-state index contributed by atoms with van der Waals surface area (Å²) in [5.41, 5.74) is 0.700. The van der Waals surface area contributed by atoms with Gasteiger partial charge in [-0.2, -0.15) is 4.72 Å². The summed E-state index contributed by atoms with van der Waals surface area (Å²) in [5, 5.41) is 2.55. The van der Waals surface area contributed by atoms with E-state index in [2.05, 4.69) is 10.0 Å². The van der Waals surface area contributed by atoms with E-state index in [9.17, 15) is 22.4 Å². The highest BCUT2D eigenvalue weighted by atomic mass is 32.2. The van der Waals surface area contributed by atoms with Crippen molar-refractivity contribution in [2.45, 2.75) is 37.6 Å². The molecule has 168 valence electrons. The van der Waals surface area contributed by atoms with Crippen LogP contribution in [-0.4, -0.2) is 40.1 Å².